The smallest absolute Gasteiger partial charge is 0.0132 e. The largest absolute Gasteiger partial charge is 0.0683 e. The van der Waals surface area contributed by atoms with Gasteiger partial charge in [0.1, 0.15) is 0 Å². The van der Waals surface area contributed by atoms with Crippen molar-refractivity contribution in [3.05, 3.63) is 119 Å². The highest BCUT2D eigenvalue weighted by Gasteiger charge is 2.12. The average Bonchev–Trinajstić information content (AvgIpc) is 2.83. The molecule has 0 saturated carbocycles. The van der Waals surface area contributed by atoms with Gasteiger partial charge < -0.3 is 0 Å². The normalized spacial score (nSPS) is 10.5. The highest BCUT2D eigenvalue weighted by Crippen LogP contribution is 2.26. The van der Waals surface area contributed by atoms with Crippen LogP contribution in [0.15, 0.2) is 91.0 Å². The monoisotopic (exact) mass is 450 g/mol. The van der Waals surface area contributed by atoms with Crippen molar-refractivity contribution in [2.24, 2.45) is 0 Å². The van der Waals surface area contributed by atoms with Gasteiger partial charge in [-0.1, -0.05) is 137 Å². The van der Waals surface area contributed by atoms with Crippen molar-refractivity contribution in [2.45, 2.75) is 67.7 Å². The Morgan fingerprint density at radius 3 is 1.15 bits per heavy atom. The van der Waals surface area contributed by atoms with Crippen LogP contribution in [0.2, 0.25) is 0 Å². The van der Waals surface area contributed by atoms with Crippen molar-refractivity contribution in [2.75, 3.05) is 0 Å². The number of rotatable bonds is 2. The third-order valence-electron chi connectivity index (χ3n) is 6.03. The molecule has 178 valence electrons. The van der Waals surface area contributed by atoms with E-state index in [1.54, 1.807) is 0 Å². The van der Waals surface area contributed by atoms with Gasteiger partial charge in [-0.3, -0.25) is 0 Å². The Kier molecular flexibility index (Phi) is 9.87. The van der Waals surface area contributed by atoms with Gasteiger partial charge in [-0.05, 0) is 72.1 Å². The number of aryl methyl sites for hydroxylation is 4. The van der Waals surface area contributed by atoms with E-state index in [0.29, 0.717) is 0 Å². The maximum atomic E-state index is 2.25. The summed E-state index contributed by atoms with van der Waals surface area (Å²) in [6.45, 7) is 19.3. The number of benzene rings is 4. The maximum Gasteiger partial charge on any atom is -0.0132 e. The molecule has 0 heteroatoms. The Morgan fingerprint density at radius 1 is 0.412 bits per heavy atom. The zero-order valence-electron chi connectivity index (χ0n) is 22.7. The van der Waals surface area contributed by atoms with Gasteiger partial charge >= 0.3 is 0 Å². The van der Waals surface area contributed by atoms with Gasteiger partial charge in [0.05, 0.1) is 0 Å². The second-order valence-corrected chi connectivity index (χ2v) is 9.86. The lowest BCUT2D eigenvalue weighted by atomic mass is 9.86. The summed E-state index contributed by atoms with van der Waals surface area (Å²) in [5.74, 6) is 0. The third-order valence-corrected chi connectivity index (χ3v) is 6.03. The molecule has 4 aromatic rings. The number of hydrogen-bond donors (Lipinski definition) is 0. The standard InChI is InChI=1S/C17H20.C15H16.C2H6/c1-13-5-7-14(8-6-13)15-9-11-16(12-10-15)17(2,3)4;1-11-4-7-14(8-5-11)15-9-6-12(2)13(3)10-15;1-2/h5-12H,1-4H3;4-10H,1-3H3;1-2H3. The SMILES string of the molecule is CC.Cc1ccc(-c2ccc(C(C)(C)C)cc2)cc1.Cc1ccc(-c2ccc(C)c(C)c2)cc1. The molecule has 0 aliphatic heterocycles. The van der Waals surface area contributed by atoms with E-state index in [1.807, 2.05) is 13.8 Å². The number of hydrogen-bond acceptors (Lipinski definition) is 0. The van der Waals surface area contributed by atoms with Crippen molar-refractivity contribution in [1.82, 2.24) is 0 Å². The summed E-state index contributed by atoms with van der Waals surface area (Å²) in [5, 5.41) is 0. The van der Waals surface area contributed by atoms with Crippen LogP contribution < -0.4 is 0 Å². The fourth-order valence-corrected chi connectivity index (χ4v) is 3.58. The fraction of sp³-hybridized carbons (Fsp3) is 0.294. The molecule has 0 nitrogen and oxygen atoms in total. The molecule has 0 bridgehead atoms. The highest BCUT2D eigenvalue weighted by molar-refractivity contribution is 5.65. The van der Waals surface area contributed by atoms with Crippen molar-refractivity contribution in [3.63, 3.8) is 0 Å². The molecule has 4 aromatic carbocycles. The first-order valence-corrected chi connectivity index (χ1v) is 12.5. The first-order valence-electron chi connectivity index (χ1n) is 12.5. The molecule has 0 saturated heterocycles. The van der Waals surface area contributed by atoms with E-state index in [-0.39, 0.29) is 5.41 Å². The van der Waals surface area contributed by atoms with E-state index < -0.39 is 0 Å². The Labute approximate surface area is 208 Å². The van der Waals surface area contributed by atoms with Crippen LogP contribution in [-0.4, -0.2) is 0 Å². The van der Waals surface area contributed by atoms with Crippen molar-refractivity contribution < 1.29 is 0 Å². The molecule has 0 aliphatic rings. The molecule has 0 fully saturated rings. The molecule has 0 spiro atoms. The Morgan fingerprint density at radius 2 is 0.765 bits per heavy atom. The summed E-state index contributed by atoms with van der Waals surface area (Å²) < 4.78 is 0. The Balaban J connectivity index is 0.000000225. The van der Waals surface area contributed by atoms with Crippen LogP contribution in [0.1, 0.15) is 62.4 Å². The molecule has 0 aromatic heterocycles. The van der Waals surface area contributed by atoms with Crippen molar-refractivity contribution >= 4 is 0 Å². The minimum atomic E-state index is 0.228. The second kappa shape index (κ2) is 12.4. The van der Waals surface area contributed by atoms with E-state index in [2.05, 4.69) is 139 Å². The van der Waals surface area contributed by atoms with Gasteiger partial charge in [-0.25, -0.2) is 0 Å². The van der Waals surface area contributed by atoms with Crippen LogP contribution in [0.3, 0.4) is 0 Å². The first kappa shape index (κ1) is 27.1. The maximum absolute atomic E-state index is 2.25. The van der Waals surface area contributed by atoms with Crippen LogP contribution in [0.4, 0.5) is 0 Å². The molecule has 0 amide bonds. The highest BCUT2D eigenvalue weighted by atomic mass is 14.2. The molecule has 34 heavy (non-hydrogen) atoms. The van der Waals surface area contributed by atoms with E-state index in [9.17, 15) is 0 Å². The van der Waals surface area contributed by atoms with Crippen LogP contribution in [0.5, 0.6) is 0 Å². The molecule has 0 unspecified atom stereocenters. The van der Waals surface area contributed by atoms with Gasteiger partial charge in [0.15, 0.2) is 0 Å². The molecule has 0 N–H and O–H groups in total. The van der Waals surface area contributed by atoms with Crippen molar-refractivity contribution in [3.8, 4) is 22.3 Å². The third kappa shape index (κ3) is 7.73. The summed E-state index contributed by atoms with van der Waals surface area (Å²) in [6.07, 6.45) is 0. The van der Waals surface area contributed by atoms with Crippen LogP contribution >= 0.6 is 0 Å². The van der Waals surface area contributed by atoms with Gasteiger partial charge in [0, 0.05) is 0 Å². The molecular formula is C34H42. The Bertz CT molecular complexity index is 1140. The van der Waals surface area contributed by atoms with E-state index in [0.717, 1.165) is 0 Å². The van der Waals surface area contributed by atoms with Crippen LogP contribution in [-0.2, 0) is 5.41 Å². The van der Waals surface area contributed by atoms with Gasteiger partial charge in [-0.2, -0.15) is 0 Å². The summed E-state index contributed by atoms with van der Waals surface area (Å²) in [5.41, 5.74) is 12.1. The Hall–Kier alpha value is -3.12. The summed E-state index contributed by atoms with van der Waals surface area (Å²) in [4.78, 5) is 0. The average molecular weight is 451 g/mol. The quantitative estimate of drug-likeness (QED) is 0.285. The summed E-state index contributed by atoms with van der Waals surface area (Å²) in [7, 11) is 0. The lowest BCUT2D eigenvalue weighted by Gasteiger charge is -2.19. The molecule has 0 aliphatic carbocycles. The minimum Gasteiger partial charge on any atom is -0.0683 e. The molecule has 4 rings (SSSR count). The molecule has 0 heterocycles. The van der Waals surface area contributed by atoms with E-state index in [4.69, 9.17) is 0 Å². The predicted octanol–water partition coefficient (Wildman–Crippen LogP) is 10.3. The predicted molar refractivity (Wildman–Crippen MR) is 153 cm³/mol. The molecule has 0 radical (unpaired) electrons. The van der Waals surface area contributed by atoms with E-state index in [1.165, 1.54) is 50.1 Å². The minimum absolute atomic E-state index is 0.228. The second-order valence-electron chi connectivity index (χ2n) is 9.86. The van der Waals surface area contributed by atoms with Crippen molar-refractivity contribution in [1.29, 1.82) is 0 Å². The summed E-state index contributed by atoms with van der Waals surface area (Å²) >= 11 is 0. The van der Waals surface area contributed by atoms with Gasteiger partial charge in [0.2, 0.25) is 0 Å². The van der Waals surface area contributed by atoms with Crippen LogP contribution in [0.25, 0.3) is 22.3 Å². The van der Waals surface area contributed by atoms with E-state index >= 15 is 0 Å². The molecule has 0 atom stereocenters. The molecular weight excluding hydrogens is 408 g/mol. The first-order chi connectivity index (χ1) is 16.1. The lowest BCUT2D eigenvalue weighted by molar-refractivity contribution is 0.590. The summed E-state index contributed by atoms with van der Waals surface area (Å²) in [6, 6.07) is 32.9. The zero-order valence-corrected chi connectivity index (χ0v) is 22.7. The fourth-order valence-electron chi connectivity index (χ4n) is 3.58. The van der Waals surface area contributed by atoms with Gasteiger partial charge in [-0.15, -0.1) is 0 Å². The zero-order chi connectivity index (χ0) is 25.3. The van der Waals surface area contributed by atoms with Crippen LogP contribution in [0, 0.1) is 27.7 Å². The van der Waals surface area contributed by atoms with Gasteiger partial charge in [0.25, 0.3) is 0 Å². The lowest BCUT2D eigenvalue weighted by Crippen LogP contribution is -2.10. The topological polar surface area (TPSA) is 0 Å².